The van der Waals surface area contributed by atoms with E-state index in [9.17, 15) is 0 Å². The molecule has 72 valence electrons. The molecular weight excluding hydrogens is 160 g/mol. The molecule has 0 amide bonds. The summed E-state index contributed by atoms with van der Waals surface area (Å²) in [6.07, 6.45) is 5.81. The van der Waals surface area contributed by atoms with E-state index in [2.05, 4.69) is 33.4 Å². The Morgan fingerprint density at radius 1 is 1.31 bits per heavy atom. The van der Waals surface area contributed by atoms with E-state index in [1.807, 2.05) is 0 Å². The fourth-order valence-electron chi connectivity index (χ4n) is 2.79. The summed E-state index contributed by atoms with van der Waals surface area (Å²) in [5.41, 5.74) is 1.70. The maximum atomic E-state index is 5.80. The van der Waals surface area contributed by atoms with E-state index in [0.717, 1.165) is 12.2 Å². The molecule has 0 unspecified atom stereocenters. The lowest BCUT2D eigenvalue weighted by molar-refractivity contribution is 0.0303. The minimum absolute atomic E-state index is 0.0428. The van der Waals surface area contributed by atoms with Crippen molar-refractivity contribution in [2.75, 3.05) is 0 Å². The van der Waals surface area contributed by atoms with E-state index in [4.69, 9.17) is 4.74 Å². The molecule has 1 nitrogen and oxygen atoms in total. The second-order valence-corrected chi connectivity index (χ2v) is 5.09. The van der Waals surface area contributed by atoms with Crippen molar-refractivity contribution in [1.82, 2.24) is 0 Å². The molecule has 1 atom stereocenters. The largest absolute Gasteiger partial charge is 0.484 e. The lowest BCUT2D eigenvalue weighted by Gasteiger charge is -2.41. The van der Waals surface area contributed by atoms with Gasteiger partial charge in [0.25, 0.3) is 0 Å². The Balaban J connectivity index is 2.42. The van der Waals surface area contributed by atoms with Crippen LogP contribution in [0.4, 0.5) is 0 Å². The lowest BCUT2D eigenvalue weighted by Crippen LogP contribution is -2.38. The zero-order valence-corrected chi connectivity index (χ0v) is 8.81. The third-order valence-corrected chi connectivity index (χ3v) is 3.42. The van der Waals surface area contributed by atoms with Crippen molar-refractivity contribution in [2.24, 2.45) is 5.41 Å². The summed E-state index contributed by atoms with van der Waals surface area (Å²) in [6.45, 7) is 10.7. The molecule has 0 aromatic heterocycles. The molecule has 0 bridgehead atoms. The second-order valence-electron chi connectivity index (χ2n) is 5.09. The van der Waals surface area contributed by atoms with Crippen molar-refractivity contribution in [2.45, 2.75) is 45.6 Å². The highest BCUT2D eigenvalue weighted by Gasteiger charge is 2.46. The van der Waals surface area contributed by atoms with Crippen LogP contribution in [0.3, 0.4) is 0 Å². The fourth-order valence-corrected chi connectivity index (χ4v) is 2.79. The van der Waals surface area contributed by atoms with Crippen LogP contribution in [0.25, 0.3) is 0 Å². The number of hydrogen-bond donors (Lipinski definition) is 0. The monoisotopic (exact) mass is 178 g/mol. The molecule has 1 aliphatic carbocycles. The molecule has 1 heterocycles. The summed E-state index contributed by atoms with van der Waals surface area (Å²) in [6, 6.07) is 0. The maximum absolute atomic E-state index is 5.80. The van der Waals surface area contributed by atoms with Gasteiger partial charge in [-0.15, -0.1) is 0 Å². The number of fused-ring (bicyclic) bond motifs is 1. The van der Waals surface area contributed by atoms with Crippen molar-refractivity contribution >= 4 is 0 Å². The Bertz CT molecular complexity index is 285. The van der Waals surface area contributed by atoms with Gasteiger partial charge in [0.1, 0.15) is 11.4 Å². The Morgan fingerprint density at radius 3 is 2.62 bits per heavy atom. The van der Waals surface area contributed by atoms with Gasteiger partial charge >= 0.3 is 0 Å². The summed E-state index contributed by atoms with van der Waals surface area (Å²) >= 11 is 0. The minimum atomic E-state index is -0.0428. The Hall–Kier alpha value is -0.720. The average molecular weight is 178 g/mol. The summed E-state index contributed by atoms with van der Waals surface area (Å²) in [7, 11) is 0. The van der Waals surface area contributed by atoms with Gasteiger partial charge in [-0.05, 0) is 43.3 Å². The summed E-state index contributed by atoms with van der Waals surface area (Å²) < 4.78 is 5.80. The molecule has 2 aliphatic rings. The van der Waals surface area contributed by atoms with Gasteiger partial charge in [-0.3, -0.25) is 0 Å². The first-order chi connectivity index (χ1) is 5.94. The Labute approximate surface area is 80.5 Å². The molecular formula is C12H18O. The van der Waals surface area contributed by atoms with Crippen molar-refractivity contribution in [3.05, 3.63) is 24.0 Å². The molecule has 0 radical (unpaired) electrons. The summed E-state index contributed by atoms with van der Waals surface area (Å²) in [5, 5.41) is 0. The van der Waals surface area contributed by atoms with Crippen LogP contribution < -0.4 is 0 Å². The molecule has 0 aromatic carbocycles. The van der Waals surface area contributed by atoms with Crippen LogP contribution >= 0.6 is 0 Å². The lowest BCUT2D eigenvalue weighted by atomic mass is 9.67. The van der Waals surface area contributed by atoms with Gasteiger partial charge in [0.15, 0.2) is 0 Å². The maximum Gasteiger partial charge on any atom is 0.128 e. The van der Waals surface area contributed by atoms with Crippen molar-refractivity contribution in [3.63, 3.8) is 0 Å². The van der Waals surface area contributed by atoms with Crippen molar-refractivity contribution < 1.29 is 4.74 Å². The van der Waals surface area contributed by atoms with Gasteiger partial charge in [-0.1, -0.05) is 20.4 Å². The Kier molecular flexibility index (Phi) is 1.64. The molecule has 0 aromatic rings. The molecule has 1 heteroatoms. The molecule has 1 saturated carbocycles. The van der Waals surface area contributed by atoms with Gasteiger partial charge in [0.05, 0.1) is 0 Å². The first-order valence-corrected chi connectivity index (χ1v) is 5.05. The normalized spacial score (nSPS) is 36.5. The van der Waals surface area contributed by atoms with Crippen LogP contribution in [0, 0.1) is 5.41 Å². The molecule has 1 fully saturated rings. The molecule has 1 aliphatic heterocycles. The van der Waals surface area contributed by atoms with E-state index in [1.54, 1.807) is 0 Å². The van der Waals surface area contributed by atoms with Crippen LogP contribution in [0.1, 0.15) is 40.0 Å². The standard InChI is InChI=1S/C12H18O/c1-9-8-10-11(2,3)6-5-7-12(10,4)13-9/h8H,1,5-7H2,2-4H3/t12-/m1/s1. The highest BCUT2D eigenvalue weighted by atomic mass is 16.5. The summed E-state index contributed by atoms with van der Waals surface area (Å²) in [5.74, 6) is 0.840. The van der Waals surface area contributed by atoms with Gasteiger partial charge in [-0.2, -0.15) is 0 Å². The van der Waals surface area contributed by atoms with Crippen LogP contribution in [0.2, 0.25) is 0 Å². The van der Waals surface area contributed by atoms with Gasteiger partial charge < -0.3 is 4.74 Å². The van der Waals surface area contributed by atoms with E-state index in [0.29, 0.717) is 5.41 Å². The van der Waals surface area contributed by atoms with Gasteiger partial charge in [0.2, 0.25) is 0 Å². The Morgan fingerprint density at radius 2 is 2.00 bits per heavy atom. The topological polar surface area (TPSA) is 9.23 Å². The highest BCUT2D eigenvalue weighted by molar-refractivity contribution is 5.36. The zero-order valence-electron chi connectivity index (χ0n) is 8.81. The third kappa shape index (κ3) is 1.21. The molecule has 0 spiro atoms. The third-order valence-electron chi connectivity index (χ3n) is 3.42. The van der Waals surface area contributed by atoms with E-state index in [-0.39, 0.29) is 5.60 Å². The van der Waals surface area contributed by atoms with Gasteiger partial charge in [-0.25, -0.2) is 0 Å². The first-order valence-electron chi connectivity index (χ1n) is 5.05. The molecule has 0 N–H and O–H groups in total. The zero-order chi connectivity index (χ0) is 9.69. The molecule has 2 rings (SSSR count). The van der Waals surface area contributed by atoms with Crippen molar-refractivity contribution in [1.29, 1.82) is 0 Å². The predicted molar refractivity (Wildman–Crippen MR) is 54.3 cm³/mol. The van der Waals surface area contributed by atoms with Crippen LogP contribution in [0.5, 0.6) is 0 Å². The number of allylic oxidation sites excluding steroid dienone is 1. The highest BCUT2D eigenvalue weighted by Crippen LogP contribution is 2.51. The summed E-state index contributed by atoms with van der Waals surface area (Å²) in [4.78, 5) is 0. The second kappa shape index (κ2) is 2.40. The fraction of sp³-hybridized carbons (Fsp3) is 0.667. The smallest absolute Gasteiger partial charge is 0.128 e. The van der Waals surface area contributed by atoms with Crippen LogP contribution in [-0.4, -0.2) is 5.60 Å². The number of ether oxygens (including phenoxy) is 1. The van der Waals surface area contributed by atoms with E-state index in [1.165, 1.54) is 18.4 Å². The van der Waals surface area contributed by atoms with E-state index < -0.39 is 0 Å². The van der Waals surface area contributed by atoms with Gasteiger partial charge in [0, 0.05) is 0 Å². The molecule has 0 saturated heterocycles. The first kappa shape index (κ1) is 8.86. The molecule has 13 heavy (non-hydrogen) atoms. The average Bonchev–Trinajstić information content (AvgIpc) is 2.25. The minimum Gasteiger partial charge on any atom is -0.484 e. The SMILES string of the molecule is C=C1C=C2C(C)(C)CCC[C@@]2(C)O1. The predicted octanol–water partition coefficient (Wildman–Crippen LogP) is 3.43. The van der Waals surface area contributed by atoms with Crippen LogP contribution in [-0.2, 0) is 4.74 Å². The van der Waals surface area contributed by atoms with Crippen molar-refractivity contribution in [3.8, 4) is 0 Å². The number of hydrogen-bond acceptors (Lipinski definition) is 1. The van der Waals surface area contributed by atoms with Crippen LogP contribution in [0.15, 0.2) is 24.0 Å². The number of rotatable bonds is 0. The quantitative estimate of drug-likeness (QED) is 0.552. The van der Waals surface area contributed by atoms with E-state index >= 15 is 0 Å².